The van der Waals surface area contributed by atoms with Crippen molar-refractivity contribution in [1.82, 2.24) is 0 Å². The highest BCUT2D eigenvalue weighted by molar-refractivity contribution is 5.91. The van der Waals surface area contributed by atoms with Crippen molar-refractivity contribution in [3.63, 3.8) is 0 Å². The number of ether oxygens (including phenoxy) is 1. The van der Waals surface area contributed by atoms with Crippen molar-refractivity contribution in [2.75, 3.05) is 24.6 Å². The fraction of sp³-hybridized carbons (Fsp3) is 0.500. The third-order valence-corrected chi connectivity index (χ3v) is 3.28. The molecule has 1 aliphatic rings. The number of benzene rings is 1. The first-order chi connectivity index (χ1) is 9.13. The van der Waals surface area contributed by atoms with Gasteiger partial charge in [0.25, 0.3) is 0 Å². The van der Waals surface area contributed by atoms with Crippen LogP contribution in [0.1, 0.15) is 30.1 Å². The van der Waals surface area contributed by atoms with Crippen molar-refractivity contribution >= 4 is 11.7 Å². The Balaban J connectivity index is 2.22. The van der Waals surface area contributed by atoms with Crippen molar-refractivity contribution in [2.45, 2.75) is 25.9 Å². The lowest BCUT2D eigenvalue weighted by molar-refractivity contribution is 0.0521. The number of hydrogen-bond acceptors (Lipinski definition) is 4. The molecule has 0 spiro atoms. The molecule has 104 valence electrons. The van der Waals surface area contributed by atoms with Crippen molar-refractivity contribution in [3.8, 4) is 0 Å². The zero-order chi connectivity index (χ0) is 13.8. The van der Waals surface area contributed by atoms with E-state index in [-0.39, 0.29) is 18.3 Å². The Morgan fingerprint density at radius 3 is 2.79 bits per heavy atom. The highest BCUT2D eigenvalue weighted by Crippen LogP contribution is 2.25. The average molecular weight is 267 g/mol. The van der Waals surface area contributed by atoms with E-state index in [9.17, 15) is 14.3 Å². The number of aliphatic hydroxyl groups excluding tert-OH is 1. The van der Waals surface area contributed by atoms with E-state index in [0.29, 0.717) is 31.6 Å². The van der Waals surface area contributed by atoms with Crippen molar-refractivity contribution < 1.29 is 19.0 Å². The molecule has 0 aromatic heterocycles. The third kappa shape index (κ3) is 3.04. The van der Waals surface area contributed by atoms with Gasteiger partial charge in [-0.1, -0.05) is 6.07 Å². The predicted molar refractivity (Wildman–Crippen MR) is 69.8 cm³/mol. The number of halogens is 1. The molecule has 2 rings (SSSR count). The minimum atomic E-state index is -0.640. The third-order valence-electron chi connectivity index (χ3n) is 3.28. The van der Waals surface area contributed by atoms with Crippen LogP contribution in [0.15, 0.2) is 18.2 Å². The molecule has 1 heterocycles. The maximum atomic E-state index is 14.3. The summed E-state index contributed by atoms with van der Waals surface area (Å²) >= 11 is 0. The van der Waals surface area contributed by atoms with Gasteiger partial charge < -0.3 is 14.7 Å². The maximum absolute atomic E-state index is 14.3. The summed E-state index contributed by atoms with van der Waals surface area (Å²) < 4.78 is 19.2. The molecule has 1 N–H and O–H groups in total. The van der Waals surface area contributed by atoms with E-state index in [1.165, 1.54) is 6.07 Å². The second-order valence-corrected chi connectivity index (χ2v) is 4.58. The van der Waals surface area contributed by atoms with Gasteiger partial charge in [-0.15, -0.1) is 0 Å². The first-order valence-electron chi connectivity index (χ1n) is 6.52. The van der Waals surface area contributed by atoms with Crippen LogP contribution in [-0.2, 0) is 4.74 Å². The molecule has 0 amide bonds. The van der Waals surface area contributed by atoms with Gasteiger partial charge in [0.1, 0.15) is 0 Å². The summed E-state index contributed by atoms with van der Waals surface area (Å²) in [6.45, 7) is 3.08. The van der Waals surface area contributed by atoms with Gasteiger partial charge in [0.15, 0.2) is 5.82 Å². The number of nitrogens with zero attached hydrogens (tertiary/aromatic N) is 1. The fourth-order valence-electron chi connectivity index (χ4n) is 2.24. The van der Waals surface area contributed by atoms with Gasteiger partial charge in [0.05, 0.1) is 24.0 Å². The zero-order valence-electron chi connectivity index (χ0n) is 10.9. The summed E-state index contributed by atoms with van der Waals surface area (Å²) in [7, 11) is 0. The summed E-state index contributed by atoms with van der Waals surface area (Å²) in [6, 6.07) is 4.72. The van der Waals surface area contributed by atoms with Gasteiger partial charge in [-0.05, 0) is 31.9 Å². The Morgan fingerprint density at radius 1 is 1.47 bits per heavy atom. The normalized spacial score (nSPS) is 16.5. The fourth-order valence-corrected chi connectivity index (χ4v) is 2.24. The topological polar surface area (TPSA) is 49.8 Å². The van der Waals surface area contributed by atoms with Gasteiger partial charge in [0, 0.05) is 13.1 Å². The maximum Gasteiger partial charge on any atom is 0.341 e. The van der Waals surface area contributed by atoms with E-state index in [0.717, 1.165) is 0 Å². The van der Waals surface area contributed by atoms with Crippen molar-refractivity contribution in [1.29, 1.82) is 0 Å². The Morgan fingerprint density at radius 2 is 2.16 bits per heavy atom. The number of piperidine rings is 1. The molecule has 1 fully saturated rings. The van der Waals surface area contributed by atoms with Gasteiger partial charge in [-0.25, -0.2) is 9.18 Å². The predicted octanol–water partition coefficient (Wildman–Crippen LogP) is 1.96. The number of aliphatic hydroxyl groups is 1. The molecule has 1 aromatic rings. The van der Waals surface area contributed by atoms with Crippen molar-refractivity contribution in [3.05, 3.63) is 29.6 Å². The SMILES string of the molecule is CCOC(=O)c1cccc(N2CCC(O)CC2)c1F. The van der Waals surface area contributed by atoms with E-state index in [2.05, 4.69) is 0 Å². The molecule has 4 nitrogen and oxygen atoms in total. The molecule has 1 aliphatic heterocycles. The van der Waals surface area contributed by atoms with Crippen LogP contribution >= 0.6 is 0 Å². The molecule has 0 saturated carbocycles. The molecule has 1 aromatic carbocycles. The second kappa shape index (κ2) is 6.02. The van der Waals surface area contributed by atoms with Gasteiger partial charge in [0.2, 0.25) is 0 Å². The van der Waals surface area contributed by atoms with Gasteiger partial charge >= 0.3 is 5.97 Å². The van der Waals surface area contributed by atoms with E-state index in [4.69, 9.17) is 4.74 Å². The van der Waals surface area contributed by atoms with E-state index in [1.807, 2.05) is 4.90 Å². The molecule has 0 bridgehead atoms. The molecule has 0 aliphatic carbocycles. The lowest BCUT2D eigenvalue weighted by Gasteiger charge is -2.31. The van der Waals surface area contributed by atoms with Crippen LogP contribution in [-0.4, -0.2) is 36.9 Å². The van der Waals surface area contributed by atoms with E-state index in [1.54, 1.807) is 19.1 Å². The Hall–Kier alpha value is -1.62. The Kier molecular flexibility index (Phi) is 4.37. The number of rotatable bonds is 3. The minimum Gasteiger partial charge on any atom is -0.462 e. The smallest absolute Gasteiger partial charge is 0.341 e. The zero-order valence-corrected chi connectivity index (χ0v) is 10.9. The van der Waals surface area contributed by atoms with Crippen LogP contribution < -0.4 is 4.90 Å². The van der Waals surface area contributed by atoms with Crippen LogP contribution in [0.4, 0.5) is 10.1 Å². The minimum absolute atomic E-state index is 0.0366. The highest BCUT2D eigenvalue weighted by atomic mass is 19.1. The number of carbonyl (C=O) groups excluding carboxylic acids is 1. The Labute approximate surface area is 111 Å². The largest absolute Gasteiger partial charge is 0.462 e. The quantitative estimate of drug-likeness (QED) is 0.851. The van der Waals surface area contributed by atoms with Crippen molar-refractivity contribution in [2.24, 2.45) is 0 Å². The molecule has 0 radical (unpaired) electrons. The molecule has 1 saturated heterocycles. The number of hydrogen-bond donors (Lipinski definition) is 1. The second-order valence-electron chi connectivity index (χ2n) is 4.58. The van der Waals surface area contributed by atoms with Gasteiger partial charge in [-0.3, -0.25) is 0 Å². The van der Waals surface area contributed by atoms with Crippen LogP contribution in [0.3, 0.4) is 0 Å². The lowest BCUT2D eigenvalue weighted by Crippen LogP contribution is -2.36. The molecule has 5 heteroatoms. The van der Waals surface area contributed by atoms with Gasteiger partial charge in [-0.2, -0.15) is 0 Å². The summed E-state index contributed by atoms with van der Waals surface area (Å²) in [6.07, 6.45) is 0.916. The van der Waals surface area contributed by atoms with Crippen LogP contribution in [0, 0.1) is 5.82 Å². The first-order valence-corrected chi connectivity index (χ1v) is 6.52. The summed E-state index contributed by atoms with van der Waals surface area (Å²) in [5.41, 5.74) is 0.364. The summed E-state index contributed by atoms with van der Waals surface area (Å²) in [4.78, 5) is 13.5. The summed E-state index contributed by atoms with van der Waals surface area (Å²) in [5.74, 6) is -1.18. The molecular weight excluding hydrogens is 249 g/mol. The average Bonchev–Trinajstić information content (AvgIpc) is 2.40. The van der Waals surface area contributed by atoms with Crippen LogP contribution in [0.2, 0.25) is 0 Å². The monoisotopic (exact) mass is 267 g/mol. The first kappa shape index (κ1) is 13.8. The molecule has 0 atom stereocenters. The van der Waals surface area contributed by atoms with E-state index < -0.39 is 11.8 Å². The van der Waals surface area contributed by atoms with Crippen LogP contribution in [0.5, 0.6) is 0 Å². The molecular formula is C14H18FNO3. The summed E-state index contributed by atoms with van der Waals surface area (Å²) in [5, 5.41) is 9.46. The number of anilines is 1. The van der Waals surface area contributed by atoms with E-state index >= 15 is 0 Å². The highest BCUT2D eigenvalue weighted by Gasteiger charge is 2.23. The molecule has 0 unspecified atom stereocenters. The number of carbonyl (C=O) groups is 1. The number of esters is 1. The Bertz CT molecular complexity index is 456. The standard InChI is InChI=1S/C14H18FNO3/c1-2-19-14(18)11-4-3-5-12(13(11)15)16-8-6-10(17)7-9-16/h3-5,10,17H,2,6-9H2,1H3. The van der Waals surface area contributed by atoms with Crippen LogP contribution in [0.25, 0.3) is 0 Å². The lowest BCUT2D eigenvalue weighted by atomic mass is 10.1. The molecule has 19 heavy (non-hydrogen) atoms.